The molecule has 0 aliphatic heterocycles. The summed E-state index contributed by atoms with van der Waals surface area (Å²) in [6, 6.07) is 64.9. The molecule has 8 aromatic carbocycles. The Bertz CT molecular complexity index is 3040. The van der Waals surface area contributed by atoms with E-state index >= 15 is 0 Å². The molecule has 0 fully saturated rings. The number of aromatic nitrogens is 2. The number of rotatable bonds is 6. The van der Waals surface area contributed by atoms with Crippen LogP contribution >= 0.6 is 7.49 Å². The third-order valence-electron chi connectivity index (χ3n) is 11.3. The maximum atomic E-state index is 12.5. The summed E-state index contributed by atoms with van der Waals surface area (Å²) >= 11 is 0. The summed E-state index contributed by atoms with van der Waals surface area (Å²) in [5.74, 6) is 0. The van der Waals surface area contributed by atoms with Crippen LogP contribution in [0.2, 0.25) is 0 Å². The minimum Gasteiger partial charge on any atom is -0.247 e. The van der Waals surface area contributed by atoms with E-state index in [0.29, 0.717) is 0 Å². The van der Waals surface area contributed by atoms with Gasteiger partial charge in [0.25, 0.3) is 0 Å². The molecule has 2 heterocycles. The van der Waals surface area contributed by atoms with E-state index in [2.05, 4.69) is 141 Å². The normalized spacial score (nSPS) is 11.8. The molecule has 4 heteroatoms. The number of para-hydroxylation sites is 1. The summed E-state index contributed by atoms with van der Waals surface area (Å²) in [5, 5.41) is 9.84. The number of aryl methyl sites for hydroxylation is 2. The maximum absolute atomic E-state index is 12.5. The quantitative estimate of drug-likeness (QED) is 0.105. The number of hydrogen-bond acceptors (Lipinski definition) is 3. The Morgan fingerprint density at radius 3 is 1.30 bits per heavy atom. The third-order valence-corrected chi connectivity index (χ3v) is 14.4. The summed E-state index contributed by atoms with van der Waals surface area (Å²) in [7, 11) is -2.84. The topological polar surface area (TPSA) is 46.0 Å². The average molecular weight is 738 g/mol. The monoisotopic (exact) mass is 737 g/mol. The second-order valence-corrected chi connectivity index (χ2v) is 17.3. The van der Waals surface area contributed by atoms with E-state index in [1.165, 1.54) is 32.7 Å². The van der Waals surface area contributed by atoms with Gasteiger partial charge in [-0.2, -0.15) is 0 Å². The summed E-state index contributed by atoms with van der Waals surface area (Å²) in [6.45, 7) is 4.52. The maximum Gasteiger partial charge on any atom is 0.238 e. The van der Waals surface area contributed by atoms with Crippen LogP contribution in [0.25, 0.3) is 77.0 Å². The van der Waals surface area contributed by atoms with Gasteiger partial charge in [0.15, 0.2) is 0 Å². The van der Waals surface area contributed by atoms with Gasteiger partial charge in [0.05, 0.1) is 22.4 Å². The fourth-order valence-electron chi connectivity index (χ4n) is 8.63. The highest BCUT2D eigenvalue weighted by Gasteiger charge is 2.44. The minimum atomic E-state index is -2.84. The standard InChI is InChI=1S/C52H38N2OP/c1-34-47-43-25-15-16-26-45(43)53-51(37-17-7-3-8-18-37)49(47)35(2)48-44-32-29-39(33-46(44)54-52(50(34)48)38-19-9-4-10-20-38)36-27-30-42(31-28-36)56(55,40-21-11-5-12-22-40)41-23-13-6-14-24-41/h3-33,55H,1-2H3/q+1. The number of benzene rings is 8. The van der Waals surface area contributed by atoms with E-state index in [4.69, 9.17) is 9.97 Å². The number of hydrogen-bond donors (Lipinski definition) is 1. The average Bonchev–Trinajstić information content (AvgIpc) is 3.27. The first-order valence-electron chi connectivity index (χ1n) is 19.0. The van der Waals surface area contributed by atoms with Crippen molar-refractivity contribution in [3.63, 3.8) is 0 Å². The van der Waals surface area contributed by atoms with Crippen molar-refractivity contribution in [2.75, 3.05) is 0 Å². The second-order valence-electron chi connectivity index (χ2n) is 14.5. The van der Waals surface area contributed by atoms with Crippen molar-refractivity contribution in [3.05, 3.63) is 199 Å². The van der Waals surface area contributed by atoms with Gasteiger partial charge < -0.3 is 0 Å². The molecule has 0 saturated heterocycles. The van der Waals surface area contributed by atoms with Crippen molar-refractivity contribution in [1.82, 2.24) is 9.97 Å². The van der Waals surface area contributed by atoms with Crippen LogP contribution in [0.5, 0.6) is 0 Å². The first kappa shape index (κ1) is 34.0. The summed E-state index contributed by atoms with van der Waals surface area (Å²) in [6.07, 6.45) is 0. The van der Waals surface area contributed by atoms with Crippen LogP contribution in [-0.2, 0) is 0 Å². The van der Waals surface area contributed by atoms with E-state index < -0.39 is 7.49 Å². The molecule has 0 atom stereocenters. The molecule has 10 aromatic rings. The van der Waals surface area contributed by atoms with Crippen LogP contribution in [0.1, 0.15) is 11.1 Å². The highest BCUT2D eigenvalue weighted by atomic mass is 31.2. The molecule has 0 aliphatic carbocycles. The van der Waals surface area contributed by atoms with Gasteiger partial charge in [0.2, 0.25) is 7.49 Å². The zero-order valence-electron chi connectivity index (χ0n) is 31.2. The molecular weight excluding hydrogens is 700 g/mol. The highest BCUT2D eigenvalue weighted by molar-refractivity contribution is 7.91. The molecule has 0 aliphatic rings. The van der Waals surface area contributed by atoms with E-state index in [1.54, 1.807) is 0 Å². The molecule has 0 spiro atoms. The molecule has 266 valence electrons. The first-order chi connectivity index (χ1) is 27.5. The van der Waals surface area contributed by atoms with Gasteiger partial charge >= 0.3 is 0 Å². The first-order valence-corrected chi connectivity index (χ1v) is 20.8. The van der Waals surface area contributed by atoms with Gasteiger partial charge in [0.1, 0.15) is 15.9 Å². The van der Waals surface area contributed by atoms with Gasteiger partial charge in [-0.1, -0.05) is 140 Å². The molecule has 0 unspecified atom stereocenters. The van der Waals surface area contributed by atoms with Crippen LogP contribution in [0, 0.1) is 13.8 Å². The van der Waals surface area contributed by atoms with Crippen molar-refractivity contribution in [1.29, 1.82) is 0 Å². The Morgan fingerprint density at radius 1 is 0.357 bits per heavy atom. The van der Waals surface area contributed by atoms with Gasteiger partial charge in [0, 0.05) is 32.7 Å². The lowest BCUT2D eigenvalue weighted by molar-refractivity contribution is 0.633. The number of nitrogens with zero attached hydrogens (tertiary/aromatic N) is 2. The molecule has 0 radical (unpaired) electrons. The van der Waals surface area contributed by atoms with Crippen LogP contribution < -0.4 is 15.9 Å². The summed E-state index contributed by atoms with van der Waals surface area (Å²) in [4.78, 5) is 23.4. The Kier molecular flexibility index (Phi) is 8.29. The van der Waals surface area contributed by atoms with Gasteiger partial charge in [-0.15, -0.1) is 0 Å². The predicted molar refractivity (Wildman–Crippen MR) is 239 cm³/mol. The predicted octanol–water partition coefficient (Wildman–Crippen LogP) is 11.9. The van der Waals surface area contributed by atoms with Gasteiger partial charge in [-0.05, 0) is 95.4 Å². The lowest BCUT2D eigenvalue weighted by Crippen LogP contribution is -2.30. The van der Waals surface area contributed by atoms with E-state index in [1.807, 2.05) is 60.7 Å². The van der Waals surface area contributed by atoms with Gasteiger partial charge in [-0.3, -0.25) is 0 Å². The van der Waals surface area contributed by atoms with Crippen molar-refractivity contribution < 1.29 is 4.89 Å². The number of pyridine rings is 2. The number of fused-ring (bicyclic) bond motifs is 6. The Hall–Kier alpha value is -6.51. The SMILES string of the molecule is Cc1c2c(-c3ccccc3)nc3cc(-c4ccc([P+](O)(c5ccccc5)c5ccccc5)cc4)ccc3c2c(C)c2c(-c3ccccc3)nc3ccccc3c12. The Balaban J connectivity index is 1.21. The lowest BCUT2D eigenvalue weighted by Gasteiger charge is -2.21. The second kappa shape index (κ2) is 13.7. The smallest absolute Gasteiger partial charge is 0.238 e. The highest BCUT2D eigenvalue weighted by Crippen LogP contribution is 2.51. The molecule has 0 saturated carbocycles. The van der Waals surface area contributed by atoms with E-state index in [-0.39, 0.29) is 0 Å². The van der Waals surface area contributed by atoms with Crippen molar-refractivity contribution >= 4 is 66.8 Å². The molecule has 3 nitrogen and oxygen atoms in total. The molecular formula is C52H38N2OP+. The van der Waals surface area contributed by atoms with Crippen molar-refractivity contribution in [2.24, 2.45) is 0 Å². The third kappa shape index (κ3) is 5.43. The van der Waals surface area contributed by atoms with Crippen LogP contribution in [0.15, 0.2) is 188 Å². The van der Waals surface area contributed by atoms with Gasteiger partial charge in [-0.25, -0.2) is 14.9 Å². The van der Waals surface area contributed by atoms with Crippen LogP contribution in [-0.4, -0.2) is 14.9 Å². The molecule has 56 heavy (non-hydrogen) atoms. The lowest BCUT2D eigenvalue weighted by atomic mass is 9.85. The van der Waals surface area contributed by atoms with Crippen LogP contribution in [0.4, 0.5) is 0 Å². The van der Waals surface area contributed by atoms with Crippen molar-refractivity contribution in [2.45, 2.75) is 13.8 Å². The Morgan fingerprint density at radius 2 is 0.768 bits per heavy atom. The fraction of sp³-hybridized carbons (Fsp3) is 0.0385. The summed E-state index contributed by atoms with van der Waals surface area (Å²) < 4.78 is 0. The minimum absolute atomic E-state index is 0.920. The summed E-state index contributed by atoms with van der Waals surface area (Å²) in [5.41, 5.74) is 10.6. The Labute approximate surface area is 327 Å². The zero-order valence-corrected chi connectivity index (χ0v) is 32.1. The molecule has 2 aromatic heterocycles. The molecule has 0 bridgehead atoms. The molecule has 10 rings (SSSR count). The van der Waals surface area contributed by atoms with E-state index in [9.17, 15) is 4.89 Å². The molecule has 1 N–H and O–H groups in total. The zero-order chi connectivity index (χ0) is 37.8. The fourth-order valence-corrected chi connectivity index (χ4v) is 11.3. The van der Waals surface area contributed by atoms with Crippen molar-refractivity contribution in [3.8, 4) is 33.6 Å². The molecule has 0 amide bonds. The van der Waals surface area contributed by atoms with Crippen LogP contribution in [0.3, 0.4) is 0 Å². The largest absolute Gasteiger partial charge is 0.247 e. The van der Waals surface area contributed by atoms with E-state index in [0.717, 1.165) is 71.4 Å².